The summed E-state index contributed by atoms with van der Waals surface area (Å²) in [6.45, 7) is 6.94. The molecule has 0 aliphatic heterocycles. The van der Waals surface area contributed by atoms with Crippen molar-refractivity contribution in [1.82, 2.24) is 0 Å². The topological polar surface area (TPSA) is 73.6 Å². The number of rotatable bonds is 5. The van der Waals surface area contributed by atoms with Crippen molar-refractivity contribution in [1.29, 1.82) is 0 Å². The second kappa shape index (κ2) is 7.11. The molecule has 3 N–H and O–H groups in total. The van der Waals surface area contributed by atoms with Crippen LogP contribution in [-0.4, -0.2) is 24.9 Å². The van der Waals surface area contributed by atoms with Crippen molar-refractivity contribution < 1.29 is 14.3 Å². The molecule has 1 amide bonds. The van der Waals surface area contributed by atoms with Crippen LogP contribution < -0.4 is 11.1 Å². The van der Waals surface area contributed by atoms with E-state index in [0.29, 0.717) is 18.8 Å². The second-order valence-electron chi connectivity index (χ2n) is 5.12. The minimum Gasteiger partial charge on any atom is -0.447 e. The first kappa shape index (κ1) is 15.5. The molecule has 0 bridgehead atoms. The third-order valence-electron chi connectivity index (χ3n) is 2.29. The molecule has 0 atom stereocenters. The fourth-order valence-electron chi connectivity index (χ4n) is 1.36. The standard InChI is InChI=1S/C14H22N2O3/c1-14(2,3)19-9-8-18-13(17)16-12-6-4-11(10-15)5-7-12/h4-7H,8-10,15H2,1-3H3,(H,16,17). The number of ether oxygens (including phenoxy) is 2. The fraction of sp³-hybridized carbons (Fsp3) is 0.500. The van der Waals surface area contributed by atoms with Gasteiger partial charge in [-0.1, -0.05) is 12.1 Å². The maximum Gasteiger partial charge on any atom is 0.411 e. The number of amides is 1. The quantitative estimate of drug-likeness (QED) is 0.803. The largest absolute Gasteiger partial charge is 0.447 e. The van der Waals surface area contributed by atoms with Crippen molar-refractivity contribution >= 4 is 11.8 Å². The molecule has 0 heterocycles. The van der Waals surface area contributed by atoms with Gasteiger partial charge in [-0.05, 0) is 38.5 Å². The zero-order chi connectivity index (χ0) is 14.3. The summed E-state index contributed by atoms with van der Waals surface area (Å²) in [5.74, 6) is 0. The summed E-state index contributed by atoms with van der Waals surface area (Å²) >= 11 is 0. The molecule has 1 aromatic rings. The third kappa shape index (κ3) is 6.79. The van der Waals surface area contributed by atoms with Gasteiger partial charge in [-0.2, -0.15) is 0 Å². The Balaban J connectivity index is 2.27. The van der Waals surface area contributed by atoms with Gasteiger partial charge in [0, 0.05) is 12.2 Å². The van der Waals surface area contributed by atoms with E-state index in [1.165, 1.54) is 0 Å². The lowest BCUT2D eigenvalue weighted by atomic mass is 10.2. The Labute approximate surface area is 114 Å². The molecule has 0 aromatic heterocycles. The van der Waals surface area contributed by atoms with Gasteiger partial charge in [0.25, 0.3) is 0 Å². The van der Waals surface area contributed by atoms with E-state index in [1.807, 2.05) is 32.9 Å². The molecular weight excluding hydrogens is 244 g/mol. The van der Waals surface area contributed by atoms with Crippen molar-refractivity contribution in [2.45, 2.75) is 32.9 Å². The molecule has 19 heavy (non-hydrogen) atoms. The molecule has 0 aliphatic carbocycles. The van der Waals surface area contributed by atoms with E-state index < -0.39 is 6.09 Å². The van der Waals surface area contributed by atoms with Crippen molar-refractivity contribution in [2.24, 2.45) is 5.73 Å². The minimum absolute atomic E-state index is 0.224. The van der Waals surface area contributed by atoms with Crippen LogP contribution in [0.4, 0.5) is 10.5 Å². The van der Waals surface area contributed by atoms with Crippen molar-refractivity contribution in [3.8, 4) is 0 Å². The average molecular weight is 266 g/mol. The van der Waals surface area contributed by atoms with Gasteiger partial charge in [0.15, 0.2) is 0 Å². The Hall–Kier alpha value is -1.59. The molecule has 1 aromatic carbocycles. The number of nitrogens with one attached hydrogen (secondary N) is 1. The molecule has 1 rings (SSSR count). The molecule has 0 radical (unpaired) electrons. The Bertz CT molecular complexity index is 396. The van der Waals surface area contributed by atoms with Gasteiger partial charge in [0.05, 0.1) is 12.2 Å². The second-order valence-corrected chi connectivity index (χ2v) is 5.12. The molecule has 0 spiro atoms. The van der Waals surface area contributed by atoms with Gasteiger partial charge in [0.2, 0.25) is 0 Å². The van der Waals surface area contributed by atoms with E-state index in [-0.39, 0.29) is 12.2 Å². The van der Waals surface area contributed by atoms with Gasteiger partial charge in [-0.15, -0.1) is 0 Å². The van der Waals surface area contributed by atoms with E-state index in [4.69, 9.17) is 15.2 Å². The highest BCUT2D eigenvalue weighted by atomic mass is 16.6. The van der Waals surface area contributed by atoms with E-state index in [0.717, 1.165) is 5.56 Å². The molecular formula is C14H22N2O3. The van der Waals surface area contributed by atoms with Gasteiger partial charge in [-0.25, -0.2) is 4.79 Å². The Morgan fingerprint density at radius 1 is 1.21 bits per heavy atom. The summed E-state index contributed by atoms with van der Waals surface area (Å²) in [4.78, 5) is 11.5. The van der Waals surface area contributed by atoms with Crippen LogP contribution in [-0.2, 0) is 16.0 Å². The summed E-state index contributed by atoms with van der Waals surface area (Å²) in [6, 6.07) is 7.29. The zero-order valence-electron chi connectivity index (χ0n) is 11.7. The summed E-state index contributed by atoms with van der Waals surface area (Å²) in [5.41, 5.74) is 6.96. The van der Waals surface area contributed by atoms with Crippen LogP contribution in [0, 0.1) is 0 Å². The van der Waals surface area contributed by atoms with Crippen molar-refractivity contribution in [3.63, 3.8) is 0 Å². The summed E-state index contributed by atoms with van der Waals surface area (Å²) in [7, 11) is 0. The van der Waals surface area contributed by atoms with Crippen LogP contribution in [0.3, 0.4) is 0 Å². The highest BCUT2D eigenvalue weighted by Crippen LogP contribution is 2.09. The van der Waals surface area contributed by atoms with E-state index in [1.54, 1.807) is 12.1 Å². The predicted octanol–water partition coefficient (Wildman–Crippen LogP) is 2.51. The lowest BCUT2D eigenvalue weighted by Crippen LogP contribution is -2.23. The predicted molar refractivity (Wildman–Crippen MR) is 75.0 cm³/mol. The fourth-order valence-corrected chi connectivity index (χ4v) is 1.36. The zero-order valence-corrected chi connectivity index (χ0v) is 11.7. The van der Waals surface area contributed by atoms with Crippen LogP contribution >= 0.6 is 0 Å². The van der Waals surface area contributed by atoms with Crippen molar-refractivity contribution in [2.75, 3.05) is 18.5 Å². The lowest BCUT2D eigenvalue weighted by Gasteiger charge is -2.19. The van der Waals surface area contributed by atoms with Gasteiger partial charge in [0.1, 0.15) is 6.61 Å². The third-order valence-corrected chi connectivity index (χ3v) is 2.29. The highest BCUT2D eigenvalue weighted by Gasteiger charge is 2.10. The lowest BCUT2D eigenvalue weighted by molar-refractivity contribution is -0.0218. The molecule has 0 saturated carbocycles. The van der Waals surface area contributed by atoms with E-state index >= 15 is 0 Å². The summed E-state index contributed by atoms with van der Waals surface area (Å²) in [5, 5.41) is 2.63. The van der Waals surface area contributed by atoms with Gasteiger partial charge < -0.3 is 15.2 Å². The van der Waals surface area contributed by atoms with Crippen LogP contribution in [0.25, 0.3) is 0 Å². The van der Waals surface area contributed by atoms with Gasteiger partial charge in [-0.3, -0.25) is 5.32 Å². The maximum absolute atomic E-state index is 11.5. The molecule has 106 valence electrons. The van der Waals surface area contributed by atoms with E-state index in [9.17, 15) is 4.79 Å². The van der Waals surface area contributed by atoms with E-state index in [2.05, 4.69) is 5.32 Å². The number of anilines is 1. The Morgan fingerprint density at radius 3 is 2.37 bits per heavy atom. The molecule has 0 fully saturated rings. The molecule has 0 unspecified atom stereocenters. The Kier molecular flexibility index (Phi) is 5.79. The van der Waals surface area contributed by atoms with Crippen LogP contribution in [0.1, 0.15) is 26.3 Å². The SMILES string of the molecule is CC(C)(C)OCCOC(=O)Nc1ccc(CN)cc1. The highest BCUT2D eigenvalue weighted by molar-refractivity contribution is 5.84. The Morgan fingerprint density at radius 2 is 1.84 bits per heavy atom. The monoisotopic (exact) mass is 266 g/mol. The van der Waals surface area contributed by atoms with Crippen LogP contribution in [0.15, 0.2) is 24.3 Å². The van der Waals surface area contributed by atoms with Crippen LogP contribution in [0.2, 0.25) is 0 Å². The number of carbonyl (C=O) groups excluding carboxylic acids is 1. The molecule has 5 heteroatoms. The molecule has 5 nitrogen and oxygen atoms in total. The van der Waals surface area contributed by atoms with Crippen molar-refractivity contribution in [3.05, 3.63) is 29.8 Å². The number of hydrogen-bond donors (Lipinski definition) is 2. The molecule has 0 saturated heterocycles. The number of hydrogen-bond acceptors (Lipinski definition) is 4. The smallest absolute Gasteiger partial charge is 0.411 e. The first-order valence-corrected chi connectivity index (χ1v) is 6.27. The maximum atomic E-state index is 11.5. The first-order chi connectivity index (χ1) is 8.90. The normalized spacial score (nSPS) is 11.2. The van der Waals surface area contributed by atoms with Crippen LogP contribution in [0.5, 0.6) is 0 Å². The number of nitrogens with two attached hydrogens (primary N) is 1. The molecule has 0 aliphatic rings. The summed E-state index contributed by atoms with van der Waals surface area (Å²) in [6.07, 6.45) is -0.488. The average Bonchev–Trinajstić information content (AvgIpc) is 2.34. The summed E-state index contributed by atoms with van der Waals surface area (Å²) < 4.78 is 10.4. The van der Waals surface area contributed by atoms with Gasteiger partial charge >= 0.3 is 6.09 Å². The number of carbonyl (C=O) groups is 1. The minimum atomic E-state index is -0.488. The first-order valence-electron chi connectivity index (χ1n) is 6.27. The number of benzene rings is 1.